The van der Waals surface area contributed by atoms with Gasteiger partial charge in [0.25, 0.3) is 0 Å². The van der Waals surface area contributed by atoms with Crippen LogP contribution in [0.4, 0.5) is 15.8 Å². The molecule has 17 heavy (non-hydrogen) atoms. The van der Waals surface area contributed by atoms with Gasteiger partial charge in [0.1, 0.15) is 11.6 Å². The van der Waals surface area contributed by atoms with Gasteiger partial charge in [-0.05, 0) is 40.8 Å². The maximum absolute atomic E-state index is 13.3. The van der Waals surface area contributed by atoms with Crippen molar-refractivity contribution in [3.63, 3.8) is 0 Å². The lowest BCUT2D eigenvalue weighted by atomic mass is 10.2. The molecule has 0 aliphatic rings. The number of nitrogen functional groups attached to an aromatic ring is 1. The van der Waals surface area contributed by atoms with Gasteiger partial charge in [-0.1, -0.05) is 0 Å². The molecule has 0 radical (unpaired) electrons. The summed E-state index contributed by atoms with van der Waals surface area (Å²) >= 11 is 1.92. The van der Waals surface area contributed by atoms with Crippen LogP contribution in [0.3, 0.4) is 0 Å². The lowest BCUT2D eigenvalue weighted by Crippen LogP contribution is -2.07. The van der Waals surface area contributed by atoms with Crippen LogP contribution in [0, 0.1) is 9.39 Å². The molecule has 5 heteroatoms. The molecule has 3 nitrogen and oxygen atoms in total. The number of nitrogens with one attached hydrogen (secondary N) is 1. The van der Waals surface area contributed by atoms with Crippen molar-refractivity contribution in [1.82, 2.24) is 0 Å². The first-order valence-electron chi connectivity index (χ1n) is 5.17. The molecule has 1 heterocycles. The number of hydrogen-bond acceptors (Lipinski definition) is 3. The fourth-order valence-corrected chi connectivity index (χ4v) is 1.98. The molecule has 0 saturated carbocycles. The lowest BCUT2D eigenvalue weighted by molar-refractivity contribution is 0.513. The second-order valence-corrected chi connectivity index (χ2v) is 4.77. The predicted molar refractivity (Wildman–Crippen MR) is 74.4 cm³/mol. The van der Waals surface area contributed by atoms with Crippen LogP contribution in [-0.4, -0.2) is 6.54 Å². The minimum Gasteiger partial charge on any atom is -0.469 e. The van der Waals surface area contributed by atoms with Gasteiger partial charge in [-0.15, -0.1) is 0 Å². The molecule has 2 rings (SSSR count). The van der Waals surface area contributed by atoms with Gasteiger partial charge in [0.05, 0.1) is 21.2 Å². The Balaban J connectivity index is 1.97. The summed E-state index contributed by atoms with van der Waals surface area (Å²) in [5.41, 5.74) is 6.96. The van der Waals surface area contributed by atoms with Crippen LogP contribution >= 0.6 is 22.6 Å². The summed E-state index contributed by atoms with van der Waals surface area (Å²) in [6.45, 7) is 0.651. The Morgan fingerprint density at radius 2 is 2.24 bits per heavy atom. The third-order valence-corrected chi connectivity index (χ3v) is 3.19. The van der Waals surface area contributed by atoms with Crippen molar-refractivity contribution in [3.8, 4) is 0 Å². The van der Waals surface area contributed by atoms with Crippen molar-refractivity contribution < 1.29 is 8.81 Å². The lowest BCUT2D eigenvalue weighted by Gasteiger charge is -2.09. The Morgan fingerprint density at radius 1 is 1.41 bits per heavy atom. The molecule has 0 fully saturated rings. The minimum absolute atomic E-state index is 0.264. The smallest absolute Gasteiger partial charge is 0.138 e. The van der Waals surface area contributed by atoms with Gasteiger partial charge in [0, 0.05) is 19.0 Å². The highest BCUT2D eigenvalue weighted by molar-refractivity contribution is 14.1. The van der Waals surface area contributed by atoms with Crippen molar-refractivity contribution in [2.24, 2.45) is 0 Å². The van der Waals surface area contributed by atoms with Crippen LogP contribution in [0.5, 0.6) is 0 Å². The molecule has 0 aliphatic carbocycles. The van der Waals surface area contributed by atoms with Gasteiger partial charge < -0.3 is 15.5 Å². The van der Waals surface area contributed by atoms with E-state index in [4.69, 9.17) is 10.2 Å². The SMILES string of the molecule is Nc1cc(I)c(F)cc1NCCc1ccco1. The third kappa shape index (κ3) is 3.12. The van der Waals surface area contributed by atoms with Crippen LogP contribution in [0.2, 0.25) is 0 Å². The number of benzene rings is 1. The van der Waals surface area contributed by atoms with E-state index < -0.39 is 0 Å². The summed E-state index contributed by atoms with van der Waals surface area (Å²) in [5.74, 6) is 0.627. The number of halogens is 2. The van der Waals surface area contributed by atoms with E-state index in [9.17, 15) is 4.39 Å². The summed E-state index contributed by atoms with van der Waals surface area (Å²) < 4.78 is 19.1. The summed E-state index contributed by atoms with van der Waals surface area (Å²) in [6.07, 6.45) is 2.37. The topological polar surface area (TPSA) is 51.2 Å². The Hall–Kier alpha value is -1.24. The molecule has 1 aromatic heterocycles. The normalized spacial score (nSPS) is 10.5. The quantitative estimate of drug-likeness (QED) is 0.660. The summed E-state index contributed by atoms with van der Waals surface area (Å²) in [6, 6.07) is 6.78. The van der Waals surface area contributed by atoms with Gasteiger partial charge in [-0.25, -0.2) is 4.39 Å². The zero-order valence-corrected chi connectivity index (χ0v) is 11.2. The minimum atomic E-state index is -0.264. The van der Waals surface area contributed by atoms with E-state index in [1.807, 2.05) is 34.7 Å². The third-order valence-electron chi connectivity index (χ3n) is 2.36. The number of furan rings is 1. The monoisotopic (exact) mass is 346 g/mol. The predicted octanol–water partition coefficient (Wildman–Crippen LogP) is 3.26. The fourth-order valence-electron chi connectivity index (χ4n) is 1.49. The van der Waals surface area contributed by atoms with E-state index in [1.54, 1.807) is 12.3 Å². The van der Waals surface area contributed by atoms with Crippen LogP contribution in [0.15, 0.2) is 34.9 Å². The van der Waals surface area contributed by atoms with Gasteiger partial charge in [-0.3, -0.25) is 0 Å². The van der Waals surface area contributed by atoms with Crippen molar-refractivity contribution in [2.45, 2.75) is 6.42 Å². The van der Waals surface area contributed by atoms with Gasteiger partial charge in [0.15, 0.2) is 0 Å². The zero-order valence-electron chi connectivity index (χ0n) is 9.04. The molecule has 2 aromatic rings. The second kappa shape index (κ2) is 5.39. The largest absolute Gasteiger partial charge is 0.469 e. The molecular weight excluding hydrogens is 334 g/mol. The van der Waals surface area contributed by atoms with Crippen LogP contribution < -0.4 is 11.1 Å². The number of rotatable bonds is 4. The van der Waals surface area contributed by atoms with Crippen LogP contribution in [0.25, 0.3) is 0 Å². The highest BCUT2D eigenvalue weighted by atomic mass is 127. The molecule has 3 N–H and O–H groups in total. The van der Waals surface area contributed by atoms with E-state index >= 15 is 0 Å². The molecule has 0 saturated heterocycles. The Kier molecular flexibility index (Phi) is 3.88. The summed E-state index contributed by atoms with van der Waals surface area (Å²) in [7, 11) is 0. The van der Waals surface area contributed by atoms with Gasteiger partial charge >= 0.3 is 0 Å². The van der Waals surface area contributed by atoms with Crippen molar-refractivity contribution in [2.75, 3.05) is 17.6 Å². The first-order chi connectivity index (χ1) is 8.16. The van der Waals surface area contributed by atoms with Gasteiger partial charge in [0.2, 0.25) is 0 Å². The molecule has 0 atom stereocenters. The first-order valence-corrected chi connectivity index (χ1v) is 6.25. The summed E-state index contributed by atoms with van der Waals surface area (Å²) in [4.78, 5) is 0. The van der Waals surface area contributed by atoms with Crippen LogP contribution in [0.1, 0.15) is 5.76 Å². The first kappa shape index (κ1) is 12.2. The number of hydrogen-bond donors (Lipinski definition) is 2. The second-order valence-electron chi connectivity index (χ2n) is 3.61. The Morgan fingerprint density at radius 3 is 2.94 bits per heavy atom. The van der Waals surface area contributed by atoms with Crippen molar-refractivity contribution in [3.05, 3.63) is 45.7 Å². The summed E-state index contributed by atoms with van der Waals surface area (Å²) in [5, 5.41) is 3.09. The Labute approximate surface area is 112 Å². The molecular formula is C12H12FIN2O. The molecule has 0 aliphatic heterocycles. The number of nitrogens with two attached hydrogens (primary N) is 1. The maximum atomic E-state index is 13.3. The van der Waals surface area contributed by atoms with Crippen molar-refractivity contribution in [1.29, 1.82) is 0 Å². The number of anilines is 2. The van der Waals surface area contributed by atoms with E-state index in [1.165, 1.54) is 6.07 Å². The Bertz CT molecular complexity index is 499. The molecule has 0 bridgehead atoms. The van der Waals surface area contributed by atoms with Gasteiger partial charge in [-0.2, -0.15) is 0 Å². The maximum Gasteiger partial charge on any atom is 0.138 e. The van der Waals surface area contributed by atoms with Crippen molar-refractivity contribution >= 4 is 34.0 Å². The molecule has 1 aromatic carbocycles. The zero-order chi connectivity index (χ0) is 12.3. The highest BCUT2D eigenvalue weighted by Gasteiger charge is 2.05. The van der Waals surface area contributed by atoms with E-state index in [2.05, 4.69) is 5.32 Å². The van der Waals surface area contributed by atoms with E-state index in [-0.39, 0.29) is 5.82 Å². The van der Waals surface area contributed by atoms with E-state index in [0.29, 0.717) is 21.5 Å². The van der Waals surface area contributed by atoms with E-state index in [0.717, 1.165) is 12.2 Å². The average Bonchev–Trinajstić information content (AvgIpc) is 2.78. The highest BCUT2D eigenvalue weighted by Crippen LogP contribution is 2.23. The molecule has 0 amide bonds. The average molecular weight is 346 g/mol. The standard InChI is InChI=1S/C12H12FIN2O/c13-9-6-12(11(15)7-10(9)14)16-4-3-8-2-1-5-17-8/h1-2,5-7,16H,3-4,15H2. The molecule has 0 spiro atoms. The van der Waals surface area contributed by atoms with Crippen LogP contribution in [-0.2, 0) is 6.42 Å². The molecule has 0 unspecified atom stereocenters. The molecule has 90 valence electrons. The fraction of sp³-hybridized carbons (Fsp3) is 0.167.